The van der Waals surface area contributed by atoms with Gasteiger partial charge in [-0.15, -0.1) is 0 Å². The first-order valence-electron chi connectivity index (χ1n) is 7.17. The smallest absolute Gasteiger partial charge is 0.244 e. The van der Waals surface area contributed by atoms with Crippen LogP contribution in [0.15, 0.2) is 23.2 Å². The van der Waals surface area contributed by atoms with Crippen molar-refractivity contribution >= 4 is 10.0 Å². The molecule has 1 atom stereocenters. The molecule has 1 fully saturated rings. The van der Waals surface area contributed by atoms with Crippen molar-refractivity contribution < 1.29 is 8.42 Å². The summed E-state index contributed by atoms with van der Waals surface area (Å²) in [5.74, 6) is 0. The Hall–Kier alpha value is -1.49. The monoisotopic (exact) mass is 308 g/mol. The van der Waals surface area contributed by atoms with E-state index in [0.29, 0.717) is 13.1 Å². The highest BCUT2D eigenvalue weighted by atomic mass is 32.2. The summed E-state index contributed by atoms with van der Waals surface area (Å²) < 4.78 is 26.9. The van der Waals surface area contributed by atoms with E-state index < -0.39 is 10.0 Å². The molecule has 1 aromatic heterocycles. The van der Waals surface area contributed by atoms with Crippen LogP contribution in [0.4, 0.5) is 0 Å². The van der Waals surface area contributed by atoms with E-state index in [2.05, 4.69) is 10.3 Å². The van der Waals surface area contributed by atoms with Crippen LogP contribution in [-0.2, 0) is 10.0 Å². The van der Waals surface area contributed by atoms with Crippen molar-refractivity contribution in [3.8, 4) is 6.07 Å². The van der Waals surface area contributed by atoms with Crippen LogP contribution in [-0.4, -0.2) is 43.4 Å². The maximum absolute atomic E-state index is 12.7. The van der Waals surface area contributed by atoms with Gasteiger partial charge in [-0.25, -0.2) is 13.4 Å². The van der Waals surface area contributed by atoms with Crippen molar-refractivity contribution in [2.24, 2.45) is 0 Å². The zero-order chi connectivity index (χ0) is 15.3. The minimum atomic E-state index is -3.55. The lowest BCUT2D eigenvalue weighted by atomic mass is 10.2. The highest BCUT2D eigenvalue weighted by Crippen LogP contribution is 2.18. The fourth-order valence-electron chi connectivity index (χ4n) is 2.47. The molecule has 7 heteroatoms. The molecule has 0 bridgehead atoms. The molecule has 6 nitrogen and oxygen atoms in total. The molecule has 2 rings (SSSR count). The van der Waals surface area contributed by atoms with Crippen molar-refractivity contribution in [1.82, 2.24) is 14.6 Å². The predicted molar refractivity (Wildman–Crippen MR) is 79.0 cm³/mol. The first kappa shape index (κ1) is 15.9. The van der Waals surface area contributed by atoms with E-state index in [4.69, 9.17) is 5.26 Å². The van der Waals surface area contributed by atoms with Gasteiger partial charge in [0.05, 0.1) is 0 Å². The average molecular weight is 308 g/mol. The summed E-state index contributed by atoms with van der Waals surface area (Å²) in [6, 6.07) is 4.99. The minimum Gasteiger partial charge on any atom is -0.313 e. The van der Waals surface area contributed by atoms with Crippen molar-refractivity contribution in [2.75, 3.05) is 19.6 Å². The highest BCUT2D eigenvalue weighted by molar-refractivity contribution is 7.89. The first-order valence-corrected chi connectivity index (χ1v) is 8.61. The van der Waals surface area contributed by atoms with Crippen LogP contribution in [0.5, 0.6) is 0 Å². The number of hydrogen-bond donors (Lipinski definition) is 1. The van der Waals surface area contributed by atoms with Gasteiger partial charge in [0.1, 0.15) is 16.7 Å². The van der Waals surface area contributed by atoms with Gasteiger partial charge in [0.15, 0.2) is 0 Å². The Morgan fingerprint density at radius 3 is 2.86 bits per heavy atom. The number of nitrogens with one attached hydrogen (secondary N) is 1. The van der Waals surface area contributed by atoms with Gasteiger partial charge >= 0.3 is 0 Å². The number of rotatable bonds is 6. The Kier molecular flexibility index (Phi) is 5.28. The molecule has 2 heterocycles. The number of pyridine rings is 1. The Balaban J connectivity index is 2.21. The molecule has 0 amide bonds. The molecule has 0 radical (unpaired) electrons. The van der Waals surface area contributed by atoms with Gasteiger partial charge < -0.3 is 5.32 Å². The third-order valence-corrected chi connectivity index (χ3v) is 5.40. The first-order chi connectivity index (χ1) is 10.1. The standard InChI is InChI=1S/C14H20N4O2S/c1-2-8-18(11-13-4-3-7-16-13)21(19,20)14-6-5-12(9-15)17-10-14/h5-6,10,13,16H,2-4,7-8,11H2,1H3. The Labute approximate surface area is 125 Å². The van der Waals surface area contributed by atoms with Crippen LogP contribution in [0.3, 0.4) is 0 Å². The number of nitriles is 1. The van der Waals surface area contributed by atoms with Crippen molar-refractivity contribution in [3.63, 3.8) is 0 Å². The van der Waals surface area contributed by atoms with Crippen LogP contribution in [0.1, 0.15) is 31.9 Å². The van der Waals surface area contributed by atoms with E-state index in [1.54, 1.807) is 0 Å². The molecule has 114 valence electrons. The third-order valence-electron chi connectivity index (χ3n) is 3.55. The van der Waals surface area contributed by atoms with Crippen LogP contribution < -0.4 is 5.32 Å². The van der Waals surface area contributed by atoms with E-state index in [0.717, 1.165) is 25.8 Å². The molecule has 0 saturated carbocycles. The second-order valence-corrected chi connectivity index (χ2v) is 7.09. The molecule has 0 aliphatic carbocycles. The van der Waals surface area contributed by atoms with Gasteiger partial charge in [-0.2, -0.15) is 9.57 Å². The summed E-state index contributed by atoms with van der Waals surface area (Å²) in [7, 11) is -3.55. The summed E-state index contributed by atoms with van der Waals surface area (Å²) in [5, 5.41) is 12.1. The molecule has 0 aromatic carbocycles. The van der Waals surface area contributed by atoms with E-state index in [1.165, 1.54) is 22.6 Å². The molecule has 0 spiro atoms. The normalized spacial score (nSPS) is 18.8. The van der Waals surface area contributed by atoms with E-state index in [-0.39, 0.29) is 16.6 Å². The molecule has 21 heavy (non-hydrogen) atoms. The van der Waals surface area contributed by atoms with Gasteiger partial charge in [-0.1, -0.05) is 6.92 Å². The second-order valence-electron chi connectivity index (χ2n) is 5.15. The van der Waals surface area contributed by atoms with Crippen LogP contribution in [0.2, 0.25) is 0 Å². The molecule has 1 aliphatic heterocycles. The Bertz CT molecular complexity index is 601. The number of aromatic nitrogens is 1. The minimum absolute atomic E-state index is 0.146. The summed E-state index contributed by atoms with van der Waals surface area (Å²) in [6.07, 6.45) is 4.11. The predicted octanol–water partition coefficient (Wildman–Crippen LogP) is 1.11. The van der Waals surface area contributed by atoms with E-state index >= 15 is 0 Å². The third kappa shape index (κ3) is 3.79. The number of nitrogens with zero attached hydrogens (tertiary/aromatic N) is 3. The average Bonchev–Trinajstić information content (AvgIpc) is 3.00. The van der Waals surface area contributed by atoms with Crippen LogP contribution in [0.25, 0.3) is 0 Å². The summed E-state index contributed by atoms with van der Waals surface area (Å²) in [4.78, 5) is 4.00. The SMILES string of the molecule is CCCN(CC1CCCN1)S(=O)(=O)c1ccc(C#N)nc1. The molecule has 1 saturated heterocycles. The topological polar surface area (TPSA) is 86.1 Å². The molecule has 1 aliphatic rings. The molecule has 1 aromatic rings. The molecule has 1 unspecified atom stereocenters. The van der Waals surface area contributed by atoms with E-state index in [1.807, 2.05) is 13.0 Å². The fourth-order valence-corrected chi connectivity index (χ4v) is 3.99. The maximum Gasteiger partial charge on any atom is 0.244 e. The Morgan fingerprint density at radius 2 is 2.33 bits per heavy atom. The van der Waals surface area contributed by atoms with Crippen LogP contribution >= 0.6 is 0 Å². The molecular formula is C14H20N4O2S. The maximum atomic E-state index is 12.7. The zero-order valence-corrected chi connectivity index (χ0v) is 12.9. The highest BCUT2D eigenvalue weighted by Gasteiger charge is 2.28. The number of sulfonamides is 1. The Morgan fingerprint density at radius 1 is 1.52 bits per heavy atom. The summed E-state index contributed by atoms with van der Waals surface area (Å²) in [5.41, 5.74) is 0.216. The van der Waals surface area contributed by atoms with Crippen molar-refractivity contribution in [2.45, 2.75) is 37.1 Å². The summed E-state index contributed by atoms with van der Waals surface area (Å²) in [6.45, 7) is 3.88. The lowest BCUT2D eigenvalue weighted by Gasteiger charge is -2.24. The lowest BCUT2D eigenvalue weighted by molar-refractivity contribution is 0.369. The quantitative estimate of drug-likeness (QED) is 0.850. The fraction of sp³-hybridized carbons (Fsp3) is 0.571. The van der Waals surface area contributed by atoms with Crippen molar-refractivity contribution in [3.05, 3.63) is 24.0 Å². The van der Waals surface area contributed by atoms with Gasteiger partial charge in [-0.3, -0.25) is 0 Å². The second kappa shape index (κ2) is 6.98. The van der Waals surface area contributed by atoms with Crippen LogP contribution in [0, 0.1) is 11.3 Å². The van der Waals surface area contributed by atoms with Gasteiger partial charge in [0, 0.05) is 25.3 Å². The van der Waals surface area contributed by atoms with Gasteiger partial charge in [0.25, 0.3) is 0 Å². The molecular weight excluding hydrogens is 288 g/mol. The number of hydrogen-bond acceptors (Lipinski definition) is 5. The van der Waals surface area contributed by atoms with Gasteiger partial charge in [-0.05, 0) is 37.9 Å². The largest absolute Gasteiger partial charge is 0.313 e. The summed E-state index contributed by atoms with van der Waals surface area (Å²) >= 11 is 0. The zero-order valence-electron chi connectivity index (χ0n) is 12.1. The lowest BCUT2D eigenvalue weighted by Crippen LogP contribution is -2.41. The van der Waals surface area contributed by atoms with E-state index in [9.17, 15) is 8.42 Å². The van der Waals surface area contributed by atoms with Crippen molar-refractivity contribution in [1.29, 1.82) is 5.26 Å². The van der Waals surface area contributed by atoms with Gasteiger partial charge in [0.2, 0.25) is 10.0 Å². The molecule has 1 N–H and O–H groups in total.